The highest BCUT2D eigenvalue weighted by molar-refractivity contribution is 5.61. The molecular weight excluding hydrogens is 248 g/mol. The van der Waals surface area contributed by atoms with Gasteiger partial charge in [-0.05, 0) is 43.1 Å². The second-order valence-electron chi connectivity index (χ2n) is 6.11. The second-order valence-corrected chi connectivity index (χ2v) is 6.11. The molecule has 2 nitrogen and oxygen atoms in total. The highest BCUT2D eigenvalue weighted by atomic mass is 16.1. The zero-order chi connectivity index (χ0) is 15.8. The predicted molar refractivity (Wildman–Crippen MR) is 85.5 cm³/mol. The highest BCUT2D eigenvalue weighted by Gasteiger charge is 2.51. The molecule has 20 heavy (non-hydrogen) atoms. The van der Waals surface area contributed by atoms with Crippen LogP contribution in [0.2, 0.25) is 0 Å². The van der Waals surface area contributed by atoms with Crippen molar-refractivity contribution in [2.45, 2.75) is 47.0 Å². The van der Waals surface area contributed by atoms with E-state index in [1.807, 2.05) is 12.2 Å². The lowest BCUT2D eigenvalue weighted by molar-refractivity contribution is -0.120. The molecule has 0 aromatic carbocycles. The van der Waals surface area contributed by atoms with E-state index < -0.39 is 0 Å². The molecule has 1 saturated carbocycles. The summed E-state index contributed by atoms with van der Waals surface area (Å²) in [5.74, 6) is 0.543. The molecule has 112 valence electrons. The summed E-state index contributed by atoms with van der Waals surface area (Å²) in [6.45, 7) is 15.5. The van der Waals surface area contributed by atoms with Crippen LogP contribution >= 0.6 is 0 Å². The molecule has 0 aromatic rings. The zero-order valence-corrected chi connectivity index (χ0v) is 13.3. The summed E-state index contributed by atoms with van der Waals surface area (Å²) in [5, 5.41) is 0. The molecule has 0 aromatic heterocycles. The Bertz CT molecular complexity index is 390. The fourth-order valence-corrected chi connectivity index (χ4v) is 2.85. The van der Waals surface area contributed by atoms with Gasteiger partial charge in [0.25, 0.3) is 0 Å². The van der Waals surface area contributed by atoms with Crippen LogP contribution in [-0.4, -0.2) is 12.6 Å². The second kappa shape index (κ2) is 7.98. The molecule has 0 aliphatic heterocycles. The van der Waals surface area contributed by atoms with E-state index in [9.17, 15) is 4.79 Å². The minimum Gasteiger partial charge on any atom is -0.304 e. The summed E-state index contributed by atoms with van der Waals surface area (Å²) in [6, 6.07) is 0. The molecule has 1 rings (SSSR count). The number of rotatable bonds is 5. The van der Waals surface area contributed by atoms with Crippen LogP contribution in [0.3, 0.4) is 0 Å². The molecule has 2 unspecified atom stereocenters. The third kappa shape index (κ3) is 4.03. The SMILES string of the molecule is C=C/C=C(\C=C)CC1CCC(C)(C=O)C1(C)C.CC=O. The summed E-state index contributed by atoms with van der Waals surface area (Å²) in [6.07, 6.45) is 10.7. The van der Waals surface area contributed by atoms with E-state index in [1.165, 1.54) is 12.5 Å². The van der Waals surface area contributed by atoms with Gasteiger partial charge in [-0.25, -0.2) is 0 Å². The van der Waals surface area contributed by atoms with Gasteiger partial charge in [-0.15, -0.1) is 0 Å². The van der Waals surface area contributed by atoms with Crippen molar-refractivity contribution in [2.24, 2.45) is 16.7 Å². The van der Waals surface area contributed by atoms with Crippen molar-refractivity contribution in [3.05, 3.63) is 37.0 Å². The van der Waals surface area contributed by atoms with Crippen molar-refractivity contribution in [3.8, 4) is 0 Å². The van der Waals surface area contributed by atoms with E-state index in [-0.39, 0.29) is 10.8 Å². The van der Waals surface area contributed by atoms with Crippen molar-refractivity contribution in [1.82, 2.24) is 0 Å². The number of carbonyl (C=O) groups is 2. The molecule has 0 N–H and O–H groups in total. The van der Waals surface area contributed by atoms with Gasteiger partial charge in [0.05, 0.1) is 0 Å². The molecule has 2 atom stereocenters. The minimum absolute atomic E-state index is 0.0536. The maximum absolute atomic E-state index is 11.3. The standard InChI is InChI=1S/C16H24O.C2H4O/c1-6-8-13(7-2)11-14-9-10-16(5,12-17)15(14,3)4;1-2-3/h6-8,12,14H,1-2,9-11H2,3-5H3;2H,1H3/b13-8+;. The first-order valence-corrected chi connectivity index (χ1v) is 7.13. The first-order chi connectivity index (χ1) is 9.32. The predicted octanol–water partition coefficient (Wildman–Crippen LogP) is 4.52. The average molecular weight is 276 g/mol. The van der Waals surface area contributed by atoms with Crippen LogP contribution in [0.25, 0.3) is 0 Å². The van der Waals surface area contributed by atoms with Crippen LogP contribution in [0.4, 0.5) is 0 Å². The topological polar surface area (TPSA) is 34.1 Å². The molecule has 0 amide bonds. The third-order valence-corrected chi connectivity index (χ3v) is 4.84. The molecule has 2 heteroatoms. The largest absolute Gasteiger partial charge is 0.304 e. The number of hydrogen-bond acceptors (Lipinski definition) is 2. The van der Waals surface area contributed by atoms with E-state index >= 15 is 0 Å². The van der Waals surface area contributed by atoms with Crippen molar-refractivity contribution in [1.29, 1.82) is 0 Å². The van der Waals surface area contributed by atoms with Crippen LogP contribution in [0.15, 0.2) is 37.0 Å². The quantitative estimate of drug-likeness (QED) is 0.546. The Kier molecular flexibility index (Phi) is 7.41. The molecule has 0 saturated heterocycles. The summed E-state index contributed by atoms with van der Waals surface area (Å²) in [5.41, 5.74) is 1.09. The summed E-state index contributed by atoms with van der Waals surface area (Å²) >= 11 is 0. The maximum Gasteiger partial charge on any atom is 0.126 e. The van der Waals surface area contributed by atoms with Gasteiger partial charge in [0, 0.05) is 5.41 Å². The summed E-state index contributed by atoms with van der Waals surface area (Å²) < 4.78 is 0. The van der Waals surface area contributed by atoms with Gasteiger partial charge in [0.2, 0.25) is 0 Å². The number of carbonyl (C=O) groups excluding carboxylic acids is 2. The molecule has 1 aliphatic carbocycles. The number of aldehydes is 2. The van der Waals surface area contributed by atoms with Gasteiger partial charge in [-0.2, -0.15) is 0 Å². The van der Waals surface area contributed by atoms with Gasteiger partial charge >= 0.3 is 0 Å². The first kappa shape index (κ1) is 18.6. The van der Waals surface area contributed by atoms with Crippen molar-refractivity contribution >= 4 is 12.6 Å². The lowest BCUT2D eigenvalue weighted by atomic mass is 9.65. The molecule has 1 fully saturated rings. The lowest BCUT2D eigenvalue weighted by Crippen LogP contribution is -2.35. The van der Waals surface area contributed by atoms with E-state index in [1.54, 1.807) is 6.08 Å². The Morgan fingerprint density at radius 2 is 1.80 bits per heavy atom. The minimum atomic E-state index is -0.182. The fourth-order valence-electron chi connectivity index (χ4n) is 2.85. The van der Waals surface area contributed by atoms with E-state index in [0.29, 0.717) is 5.92 Å². The maximum atomic E-state index is 11.3. The van der Waals surface area contributed by atoms with E-state index in [2.05, 4.69) is 33.9 Å². The van der Waals surface area contributed by atoms with Gasteiger partial charge in [0.1, 0.15) is 12.6 Å². The lowest BCUT2D eigenvalue weighted by Gasteiger charge is -2.38. The highest BCUT2D eigenvalue weighted by Crippen LogP contribution is 2.56. The van der Waals surface area contributed by atoms with Gasteiger partial charge < -0.3 is 9.59 Å². The Hall–Kier alpha value is -1.44. The van der Waals surface area contributed by atoms with Gasteiger partial charge in [-0.3, -0.25) is 0 Å². The van der Waals surface area contributed by atoms with Crippen molar-refractivity contribution in [3.63, 3.8) is 0 Å². The van der Waals surface area contributed by atoms with Crippen LogP contribution in [0.1, 0.15) is 47.0 Å². The number of hydrogen-bond donors (Lipinski definition) is 0. The van der Waals surface area contributed by atoms with Gasteiger partial charge in [-0.1, -0.05) is 52.2 Å². The smallest absolute Gasteiger partial charge is 0.126 e. The fraction of sp³-hybridized carbons (Fsp3) is 0.556. The Morgan fingerprint density at radius 1 is 1.25 bits per heavy atom. The molecule has 1 aliphatic rings. The number of allylic oxidation sites excluding steroid dienone is 4. The average Bonchev–Trinajstić information content (AvgIpc) is 2.63. The van der Waals surface area contributed by atoms with Crippen LogP contribution < -0.4 is 0 Å². The summed E-state index contributed by atoms with van der Waals surface area (Å²) in [4.78, 5) is 20.1. The molecule has 0 spiro atoms. The monoisotopic (exact) mass is 276 g/mol. The third-order valence-electron chi connectivity index (χ3n) is 4.84. The van der Waals surface area contributed by atoms with Crippen LogP contribution in [0.5, 0.6) is 0 Å². The zero-order valence-electron chi connectivity index (χ0n) is 13.3. The Balaban J connectivity index is 0.00000110. The van der Waals surface area contributed by atoms with Crippen LogP contribution in [0, 0.1) is 16.7 Å². The molecule has 0 radical (unpaired) electrons. The van der Waals surface area contributed by atoms with E-state index in [4.69, 9.17) is 4.79 Å². The molecule has 0 heterocycles. The first-order valence-electron chi connectivity index (χ1n) is 7.13. The van der Waals surface area contributed by atoms with Crippen LogP contribution in [-0.2, 0) is 9.59 Å². The Morgan fingerprint density at radius 3 is 2.15 bits per heavy atom. The molecular formula is C18H28O2. The Labute approximate surface area is 123 Å². The van der Waals surface area contributed by atoms with Gasteiger partial charge in [0.15, 0.2) is 0 Å². The molecule has 0 bridgehead atoms. The van der Waals surface area contributed by atoms with Crippen molar-refractivity contribution < 1.29 is 9.59 Å². The van der Waals surface area contributed by atoms with E-state index in [0.717, 1.165) is 31.8 Å². The summed E-state index contributed by atoms with van der Waals surface area (Å²) in [7, 11) is 0. The normalized spacial score (nSPS) is 28.0. The van der Waals surface area contributed by atoms with Crippen molar-refractivity contribution in [2.75, 3.05) is 0 Å².